The topological polar surface area (TPSA) is 58.8 Å². The van der Waals surface area contributed by atoms with Crippen LogP contribution in [0.4, 0.5) is 0 Å². The highest BCUT2D eigenvalue weighted by molar-refractivity contribution is 5.83. The second-order valence-electron chi connectivity index (χ2n) is 6.28. The second-order valence-corrected chi connectivity index (χ2v) is 6.28. The molecule has 2 unspecified atom stereocenters. The molecule has 0 aromatic heterocycles. The first-order chi connectivity index (χ1) is 9.52. The molecule has 0 aromatic rings. The number of hydrogen-bond acceptors (Lipinski definition) is 4. The third kappa shape index (κ3) is 2.85. The molecule has 2 aliphatic rings. The molecule has 0 aromatic carbocycles. The van der Waals surface area contributed by atoms with Gasteiger partial charge in [-0.1, -0.05) is 13.8 Å². The number of rotatable bonds is 4. The second kappa shape index (κ2) is 6.41. The van der Waals surface area contributed by atoms with Gasteiger partial charge in [-0.2, -0.15) is 0 Å². The molecule has 2 fully saturated rings. The van der Waals surface area contributed by atoms with Gasteiger partial charge in [-0.3, -0.25) is 4.79 Å². The summed E-state index contributed by atoms with van der Waals surface area (Å²) in [6.07, 6.45) is 2.14. The lowest BCUT2D eigenvalue weighted by atomic mass is 9.83. The van der Waals surface area contributed by atoms with Gasteiger partial charge in [0.2, 0.25) is 5.91 Å². The average molecular weight is 283 g/mol. The molecular weight excluding hydrogens is 254 g/mol. The Bertz CT molecular complexity index is 338. The predicted octanol–water partition coefficient (Wildman–Crippen LogP) is 0.683. The number of piperidine rings is 1. The largest absolute Gasteiger partial charge is 0.379 e. The molecule has 0 radical (unpaired) electrons. The Morgan fingerprint density at radius 3 is 2.40 bits per heavy atom. The van der Waals surface area contributed by atoms with Crippen molar-refractivity contribution in [1.82, 2.24) is 9.80 Å². The fraction of sp³-hybridized carbons (Fsp3) is 0.933. The lowest BCUT2D eigenvalue weighted by Crippen LogP contribution is -2.55. The van der Waals surface area contributed by atoms with Gasteiger partial charge in [0, 0.05) is 25.2 Å². The lowest BCUT2D eigenvalue weighted by Gasteiger charge is -2.40. The summed E-state index contributed by atoms with van der Waals surface area (Å²) in [4.78, 5) is 17.2. The molecule has 5 nitrogen and oxygen atoms in total. The summed E-state index contributed by atoms with van der Waals surface area (Å²) in [6, 6.07) is 0.450. The molecule has 2 atom stereocenters. The highest BCUT2D eigenvalue weighted by atomic mass is 16.5. The van der Waals surface area contributed by atoms with Crippen molar-refractivity contribution in [2.45, 2.75) is 45.7 Å². The summed E-state index contributed by atoms with van der Waals surface area (Å²) in [5.41, 5.74) is 5.53. The fourth-order valence-corrected chi connectivity index (χ4v) is 3.44. The van der Waals surface area contributed by atoms with Crippen molar-refractivity contribution < 1.29 is 9.53 Å². The Hall–Kier alpha value is -0.650. The molecule has 20 heavy (non-hydrogen) atoms. The van der Waals surface area contributed by atoms with E-state index in [1.807, 2.05) is 11.8 Å². The molecule has 0 aliphatic carbocycles. The Kier molecular flexibility index (Phi) is 5.04. The Morgan fingerprint density at radius 2 is 1.95 bits per heavy atom. The summed E-state index contributed by atoms with van der Waals surface area (Å²) in [7, 11) is 0. The van der Waals surface area contributed by atoms with Gasteiger partial charge in [-0.15, -0.1) is 0 Å². The zero-order valence-corrected chi connectivity index (χ0v) is 13.1. The molecule has 5 heteroatoms. The van der Waals surface area contributed by atoms with Crippen LogP contribution in [-0.2, 0) is 9.53 Å². The number of ether oxygens (including phenoxy) is 1. The van der Waals surface area contributed by atoms with E-state index in [-0.39, 0.29) is 11.9 Å². The van der Waals surface area contributed by atoms with E-state index < -0.39 is 5.41 Å². The van der Waals surface area contributed by atoms with Crippen molar-refractivity contribution >= 4 is 5.91 Å². The van der Waals surface area contributed by atoms with Gasteiger partial charge in [-0.05, 0) is 32.9 Å². The van der Waals surface area contributed by atoms with E-state index >= 15 is 0 Å². The molecule has 0 bridgehead atoms. The van der Waals surface area contributed by atoms with Crippen molar-refractivity contribution in [2.75, 3.05) is 39.4 Å². The number of likely N-dealkylation sites (tertiary alicyclic amines) is 1. The van der Waals surface area contributed by atoms with Crippen molar-refractivity contribution in [2.24, 2.45) is 11.1 Å². The number of nitrogens with two attached hydrogens (primary N) is 1. The van der Waals surface area contributed by atoms with Gasteiger partial charge in [0.25, 0.3) is 0 Å². The number of carbonyl (C=O) groups is 1. The normalized spacial score (nSPS) is 32.0. The number of hydrogen-bond donors (Lipinski definition) is 1. The molecule has 2 saturated heterocycles. The van der Waals surface area contributed by atoms with Crippen LogP contribution in [0.25, 0.3) is 0 Å². The van der Waals surface area contributed by atoms with Gasteiger partial charge in [-0.25, -0.2) is 0 Å². The van der Waals surface area contributed by atoms with Crippen molar-refractivity contribution in [3.63, 3.8) is 0 Å². The van der Waals surface area contributed by atoms with Crippen LogP contribution in [0.1, 0.15) is 33.6 Å². The van der Waals surface area contributed by atoms with Crippen LogP contribution in [-0.4, -0.2) is 67.2 Å². The van der Waals surface area contributed by atoms with E-state index in [9.17, 15) is 4.79 Å². The molecule has 1 amide bonds. The minimum absolute atomic E-state index is 0.171. The zero-order valence-electron chi connectivity index (χ0n) is 13.1. The minimum atomic E-state index is -0.526. The van der Waals surface area contributed by atoms with Gasteiger partial charge in [0.1, 0.15) is 0 Å². The highest BCUT2D eigenvalue weighted by Gasteiger charge is 2.46. The van der Waals surface area contributed by atoms with E-state index in [0.29, 0.717) is 19.3 Å². The first-order valence-corrected chi connectivity index (χ1v) is 7.89. The van der Waals surface area contributed by atoms with Crippen LogP contribution < -0.4 is 5.73 Å². The van der Waals surface area contributed by atoms with Crippen LogP contribution in [0.5, 0.6) is 0 Å². The van der Waals surface area contributed by atoms with E-state index in [1.54, 1.807) is 0 Å². The van der Waals surface area contributed by atoms with Gasteiger partial charge in [0.05, 0.1) is 18.6 Å². The van der Waals surface area contributed by atoms with Crippen LogP contribution >= 0.6 is 0 Å². The smallest absolute Gasteiger partial charge is 0.232 e. The van der Waals surface area contributed by atoms with Gasteiger partial charge >= 0.3 is 0 Å². The standard InChI is InChI=1S/C15H29N3O2/c1-4-17(5-2)12-6-8-18(9-7-12)14(19)15(3)11-20-10-13(15)16/h12-13H,4-11,16H2,1-3H3. The summed E-state index contributed by atoms with van der Waals surface area (Å²) in [6.45, 7) is 11.2. The molecular formula is C15H29N3O2. The maximum atomic E-state index is 12.7. The maximum absolute atomic E-state index is 12.7. The van der Waals surface area contributed by atoms with E-state index in [1.165, 1.54) is 0 Å². The van der Waals surface area contributed by atoms with E-state index in [4.69, 9.17) is 10.5 Å². The molecule has 0 saturated carbocycles. The number of carbonyl (C=O) groups excluding carboxylic acids is 1. The SMILES string of the molecule is CCN(CC)C1CCN(C(=O)C2(C)COCC2N)CC1. The Labute approximate surface area is 122 Å². The number of amides is 1. The molecule has 2 aliphatic heterocycles. The molecule has 2 heterocycles. The third-order valence-corrected chi connectivity index (χ3v) is 5.09. The van der Waals surface area contributed by atoms with Crippen molar-refractivity contribution in [3.8, 4) is 0 Å². The molecule has 2 N–H and O–H groups in total. The predicted molar refractivity (Wildman–Crippen MR) is 79.4 cm³/mol. The summed E-state index contributed by atoms with van der Waals surface area (Å²) in [5.74, 6) is 0.181. The Balaban J connectivity index is 1.92. The highest BCUT2D eigenvalue weighted by Crippen LogP contribution is 2.31. The van der Waals surface area contributed by atoms with Gasteiger partial charge in [0.15, 0.2) is 0 Å². The first kappa shape index (κ1) is 15.7. The van der Waals surface area contributed by atoms with Crippen LogP contribution in [0, 0.1) is 5.41 Å². The van der Waals surface area contributed by atoms with Crippen molar-refractivity contribution in [3.05, 3.63) is 0 Å². The van der Waals surface area contributed by atoms with Crippen molar-refractivity contribution in [1.29, 1.82) is 0 Å². The lowest BCUT2D eigenvalue weighted by molar-refractivity contribution is -0.143. The van der Waals surface area contributed by atoms with Gasteiger partial charge < -0.3 is 20.3 Å². The van der Waals surface area contributed by atoms with Crippen LogP contribution in [0.2, 0.25) is 0 Å². The summed E-state index contributed by atoms with van der Waals surface area (Å²) < 4.78 is 5.40. The first-order valence-electron chi connectivity index (χ1n) is 7.89. The quantitative estimate of drug-likeness (QED) is 0.824. The maximum Gasteiger partial charge on any atom is 0.232 e. The monoisotopic (exact) mass is 283 g/mol. The molecule has 2 rings (SSSR count). The van der Waals surface area contributed by atoms with E-state index in [0.717, 1.165) is 39.0 Å². The minimum Gasteiger partial charge on any atom is -0.379 e. The average Bonchev–Trinajstić information content (AvgIpc) is 2.81. The molecule has 0 spiro atoms. The van der Waals surface area contributed by atoms with Crippen LogP contribution in [0.15, 0.2) is 0 Å². The Morgan fingerprint density at radius 1 is 1.35 bits per heavy atom. The van der Waals surface area contributed by atoms with E-state index in [2.05, 4.69) is 18.7 Å². The zero-order chi connectivity index (χ0) is 14.8. The van der Waals surface area contributed by atoms with Crippen LogP contribution in [0.3, 0.4) is 0 Å². The number of nitrogens with zero attached hydrogens (tertiary/aromatic N) is 2. The fourth-order valence-electron chi connectivity index (χ4n) is 3.44. The summed E-state index contributed by atoms with van der Waals surface area (Å²) >= 11 is 0. The summed E-state index contributed by atoms with van der Waals surface area (Å²) in [5, 5.41) is 0. The third-order valence-electron chi connectivity index (χ3n) is 5.09. The molecule has 116 valence electrons.